The average Bonchev–Trinajstić information content (AvgIpc) is 3.46. The zero-order valence-electron chi connectivity index (χ0n) is 20.4. The van der Waals surface area contributed by atoms with Crippen molar-refractivity contribution in [1.82, 2.24) is 4.90 Å². The predicted octanol–water partition coefficient (Wildman–Crippen LogP) is 6.61. The molecule has 0 radical (unpaired) electrons. The van der Waals surface area contributed by atoms with Gasteiger partial charge in [-0.25, -0.2) is 0 Å². The fourth-order valence-corrected chi connectivity index (χ4v) is 6.88. The molecular weight excluding hydrogens is 430 g/mol. The fraction of sp³-hybridized carbons (Fsp3) is 0.679. The first-order valence-electron chi connectivity index (χ1n) is 13.2. The van der Waals surface area contributed by atoms with Crippen molar-refractivity contribution in [2.75, 3.05) is 25.4 Å². The summed E-state index contributed by atoms with van der Waals surface area (Å²) in [7, 11) is 0. The summed E-state index contributed by atoms with van der Waals surface area (Å²) in [5.41, 5.74) is 3.28. The van der Waals surface area contributed by atoms with E-state index in [-0.39, 0.29) is 11.6 Å². The number of likely N-dealkylation sites (tertiary alicyclic amines) is 1. The second kappa shape index (κ2) is 10.0. The first-order chi connectivity index (χ1) is 16.0. The number of nitrogens with zero attached hydrogens (tertiary/aromatic N) is 1. The Hall–Kier alpha value is -1.46. The molecule has 180 valence electrons. The monoisotopic (exact) mass is 469 g/mol. The van der Waals surface area contributed by atoms with Crippen LogP contribution in [0.15, 0.2) is 17.0 Å². The van der Waals surface area contributed by atoms with E-state index in [4.69, 9.17) is 9.47 Å². The highest BCUT2D eigenvalue weighted by Crippen LogP contribution is 2.54. The SMILES string of the molecule is CC1(C)Oc2cc(CCCC3CC3)cc(OC(=O)CCCN3CCCCC3)c2C2=C1SCC2. The number of rotatable bonds is 9. The zero-order chi connectivity index (χ0) is 22.8. The summed E-state index contributed by atoms with van der Waals surface area (Å²) in [6, 6.07) is 4.34. The minimum absolute atomic E-state index is 0.109. The first kappa shape index (κ1) is 23.3. The number of thioether (sulfide) groups is 1. The van der Waals surface area contributed by atoms with E-state index in [1.54, 1.807) is 0 Å². The first-order valence-corrected chi connectivity index (χ1v) is 14.1. The predicted molar refractivity (Wildman–Crippen MR) is 136 cm³/mol. The molecule has 5 heteroatoms. The summed E-state index contributed by atoms with van der Waals surface area (Å²) in [5.74, 6) is 3.53. The number of hydrogen-bond acceptors (Lipinski definition) is 5. The molecule has 0 spiro atoms. The van der Waals surface area contributed by atoms with Gasteiger partial charge in [0.1, 0.15) is 17.1 Å². The van der Waals surface area contributed by atoms with Crippen molar-refractivity contribution in [2.45, 2.75) is 90.1 Å². The Morgan fingerprint density at radius 3 is 2.79 bits per heavy atom. The van der Waals surface area contributed by atoms with Gasteiger partial charge in [-0.05, 0) is 101 Å². The lowest BCUT2D eigenvalue weighted by atomic mass is 9.90. The molecular formula is C28H39NO3S. The molecule has 0 unspecified atom stereocenters. The molecule has 2 fully saturated rings. The number of allylic oxidation sites excluding steroid dienone is 1. The van der Waals surface area contributed by atoms with Gasteiger partial charge in [0.25, 0.3) is 0 Å². The maximum absolute atomic E-state index is 12.9. The molecule has 3 heterocycles. The van der Waals surface area contributed by atoms with Gasteiger partial charge in [0.05, 0.1) is 5.56 Å². The molecule has 0 N–H and O–H groups in total. The molecule has 4 aliphatic rings. The van der Waals surface area contributed by atoms with Crippen LogP contribution >= 0.6 is 11.8 Å². The van der Waals surface area contributed by atoms with Crippen molar-refractivity contribution in [2.24, 2.45) is 5.92 Å². The molecule has 1 aliphatic carbocycles. The molecule has 3 aliphatic heterocycles. The number of aryl methyl sites for hydroxylation is 1. The standard InChI is InChI=1S/C28H39NO3S/c1-28(2)27-22(13-17-33-27)26-23(31-25(30)10-7-16-29-14-4-3-5-15-29)18-21(19-24(26)32-28)9-6-8-20-11-12-20/h18-20H,3-17H2,1-2H3. The lowest BCUT2D eigenvalue weighted by Crippen LogP contribution is -2.33. The van der Waals surface area contributed by atoms with E-state index in [9.17, 15) is 4.79 Å². The number of carbonyl (C=O) groups excluding carboxylic acids is 1. The van der Waals surface area contributed by atoms with Crippen LogP contribution in [0.2, 0.25) is 0 Å². The largest absolute Gasteiger partial charge is 0.482 e. The van der Waals surface area contributed by atoms with Crippen LogP contribution in [0, 0.1) is 5.92 Å². The van der Waals surface area contributed by atoms with E-state index in [0.717, 1.165) is 54.5 Å². The summed E-state index contributed by atoms with van der Waals surface area (Å²) in [5, 5.41) is 0. The second-order valence-corrected chi connectivity index (χ2v) is 11.9. The molecule has 0 aromatic heterocycles. The van der Waals surface area contributed by atoms with Crippen LogP contribution in [-0.2, 0) is 11.2 Å². The zero-order valence-corrected chi connectivity index (χ0v) is 21.2. The van der Waals surface area contributed by atoms with Crippen LogP contribution < -0.4 is 9.47 Å². The Kier molecular flexibility index (Phi) is 7.08. The van der Waals surface area contributed by atoms with E-state index in [0.29, 0.717) is 6.42 Å². The highest BCUT2D eigenvalue weighted by Gasteiger charge is 2.39. The van der Waals surface area contributed by atoms with Gasteiger partial charge in [-0.3, -0.25) is 4.79 Å². The minimum Gasteiger partial charge on any atom is -0.482 e. The van der Waals surface area contributed by atoms with E-state index >= 15 is 0 Å². The van der Waals surface area contributed by atoms with Crippen molar-refractivity contribution in [1.29, 1.82) is 0 Å². The number of hydrogen-bond donors (Lipinski definition) is 0. The van der Waals surface area contributed by atoms with Crippen LogP contribution in [0.4, 0.5) is 0 Å². The molecule has 5 rings (SSSR count). The van der Waals surface area contributed by atoms with E-state index in [1.165, 1.54) is 74.1 Å². The third-order valence-electron chi connectivity index (χ3n) is 7.51. The number of ether oxygens (including phenoxy) is 2. The smallest absolute Gasteiger partial charge is 0.311 e. The maximum Gasteiger partial charge on any atom is 0.311 e. The van der Waals surface area contributed by atoms with Crippen LogP contribution in [0.5, 0.6) is 11.5 Å². The van der Waals surface area contributed by atoms with Crippen molar-refractivity contribution >= 4 is 23.3 Å². The highest BCUT2D eigenvalue weighted by atomic mass is 32.2. The van der Waals surface area contributed by atoms with Crippen molar-refractivity contribution < 1.29 is 14.3 Å². The van der Waals surface area contributed by atoms with E-state index in [2.05, 4.69) is 30.9 Å². The quantitative estimate of drug-likeness (QED) is 0.300. The fourth-order valence-electron chi connectivity index (χ4n) is 5.60. The number of esters is 1. The number of benzene rings is 1. The van der Waals surface area contributed by atoms with Gasteiger partial charge in [0.15, 0.2) is 0 Å². The summed E-state index contributed by atoms with van der Waals surface area (Å²) >= 11 is 1.89. The second-order valence-electron chi connectivity index (χ2n) is 10.8. The Balaban J connectivity index is 1.32. The van der Waals surface area contributed by atoms with Gasteiger partial charge in [0.2, 0.25) is 0 Å². The van der Waals surface area contributed by atoms with Crippen LogP contribution in [-0.4, -0.2) is 41.9 Å². The molecule has 0 atom stereocenters. The number of piperidine rings is 1. The lowest BCUT2D eigenvalue weighted by molar-refractivity contribution is -0.134. The van der Waals surface area contributed by atoms with Gasteiger partial charge in [-0.15, -0.1) is 11.8 Å². The molecule has 33 heavy (non-hydrogen) atoms. The molecule has 1 aromatic carbocycles. The average molecular weight is 470 g/mol. The molecule has 4 nitrogen and oxygen atoms in total. The van der Waals surface area contributed by atoms with Crippen LogP contribution in [0.3, 0.4) is 0 Å². The molecule has 1 saturated heterocycles. The van der Waals surface area contributed by atoms with Gasteiger partial charge in [-0.1, -0.05) is 25.7 Å². The molecule has 0 amide bonds. The Labute approximate surface area is 203 Å². The molecule has 1 aromatic rings. The summed E-state index contributed by atoms with van der Waals surface area (Å²) in [6.07, 6.45) is 12.6. The molecule has 1 saturated carbocycles. The van der Waals surface area contributed by atoms with Gasteiger partial charge in [0, 0.05) is 17.1 Å². The van der Waals surface area contributed by atoms with Crippen molar-refractivity contribution in [3.05, 3.63) is 28.2 Å². The van der Waals surface area contributed by atoms with Crippen molar-refractivity contribution in [3.63, 3.8) is 0 Å². The summed E-state index contributed by atoms with van der Waals surface area (Å²) in [6.45, 7) is 7.67. The van der Waals surface area contributed by atoms with E-state index in [1.807, 2.05) is 11.8 Å². The Morgan fingerprint density at radius 1 is 1.18 bits per heavy atom. The van der Waals surface area contributed by atoms with Crippen molar-refractivity contribution in [3.8, 4) is 11.5 Å². The topological polar surface area (TPSA) is 38.8 Å². The van der Waals surface area contributed by atoms with Crippen LogP contribution in [0.25, 0.3) is 5.57 Å². The Morgan fingerprint density at radius 2 is 2.00 bits per heavy atom. The van der Waals surface area contributed by atoms with E-state index < -0.39 is 0 Å². The Bertz CT molecular complexity index is 912. The van der Waals surface area contributed by atoms with Gasteiger partial charge >= 0.3 is 5.97 Å². The highest BCUT2D eigenvalue weighted by molar-refractivity contribution is 8.03. The van der Waals surface area contributed by atoms with Gasteiger partial charge < -0.3 is 14.4 Å². The number of fused-ring (bicyclic) bond motifs is 2. The lowest BCUT2D eigenvalue weighted by Gasteiger charge is -2.35. The van der Waals surface area contributed by atoms with Crippen LogP contribution in [0.1, 0.15) is 89.2 Å². The molecule has 0 bridgehead atoms. The third-order valence-corrected chi connectivity index (χ3v) is 8.95. The summed E-state index contributed by atoms with van der Waals surface area (Å²) in [4.78, 5) is 16.7. The number of carbonyl (C=O) groups is 1. The minimum atomic E-state index is -0.314. The third kappa shape index (κ3) is 5.62. The normalized spacial score (nSPS) is 22.0. The maximum atomic E-state index is 12.9. The summed E-state index contributed by atoms with van der Waals surface area (Å²) < 4.78 is 12.6. The van der Waals surface area contributed by atoms with Gasteiger partial charge in [-0.2, -0.15) is 0 Å².